The lowest BCUT2D eigenvalue weighted by atomic mass is 10.00. The Morgan fingerprint density at radius 3 is 2.69 bits per heavy atom. The number of nitrogens with two attached hydrogens (primary N) is 1. The van der Waals surface area contributed by atoms with Crippen LogP contribution in [0.3, 0.4) is 0 Å². The first kappa shape index (κ1) is 11.6. The van der Waals surface area contributed by atoms with E-state index in [2.05, 4.69) is 43.1 Å². The summed E-state index contributed by atoms with van der Waals surface area (Å²) in [7, 11) is 2.11. The summed E-state index contributed by atoms with van der Waals surface area (Å²) in [6, 6.07) is 8.36. The first-order chi connectivity index (χ1) is 7.66. The van der Waals surface area contributed by atoms with Gasteiger partial charge in [-0.2, -0.15) is 0 Å². The van der Waals surface area contributed by atoms with E-state index in [4.69, 9.17) is 10.5 Å². The average molecular weight is 220 g/mol. The molecule has 3 heteroatoms. The zero-order chi connectivity index (χ0) is 11.5. The smallest absolute Gasteiger partial charge is 0.0894 e. The molecule has 2 atom stereocenters. The Morgan fingerprint density at radius 1 is 1.38 bits per heavy atom. The van der Waals surface area contributed by atoms with Gasteiger partial charge in [0.2, 0.25) is 0 Å². The molecule has 88 valence electrons. The lowest BCUT2D eigenvalue weighted by Gasteiger charge is -2.33. The second-order valence-electron chi connectivity index (χ2n) is 4.61. The number of nitrogens with zero attached hydrogens (tertiary/aromatic N) is 1. The van der Waals surface area contributed by atoms with E-state index in [9.17, 15) is 0 Å². The molecular formula is C13H20N2O. The van der Waals surface area contributed by atoms with E-state index in [1.165, 1.54) is 5.56 Å². The highest BCUT2D eigenvalue weighted by Crippen LogP contribution is 2.20. The second kappa shape index (κ2) is 4.95. The summed E-state index contributed by atoms with van der Waals surface area (Å²) in [5.74, 6) is 0. The van der Waals surface area contributed by atoms with Gasteiger partial charge in [-0.15, -0.1) is 0 Å². The van der Waals surface area contributed by atoms with E-state index in [0.717, 1.165) is 25.3 Å². The summed E-state index contributed by atoms with van der Waals surface area (Å²) in [5, 5.41) is 0. The summed E-state index contributed by atoms with van der Waals surface area (Å²) in [4.78, 5) is 2.27. The van der Waals surface area contributed by atoms with E-state index < -0.39 is 0 Å². The Morgan fingerprint density at radius 2 is 2.06 bits per heavy atom. The van der Waals surface area contributed by atoms with E-state index in [1.807, 2.05) is 0 Å². The molecule has 1 aliphatic rings. The first-order valence-electron chi connectivity index (χ1n) is 5.79. The highest BCUT2D eigenvalue weighted by molar-refractivity contribution is 5.24. The van der Waals surface area contributed by atoms with Crippen molar-refractivity contribution in [3.8, 4) is 0 Å². The number of benzene rings is 1. The Labute approximate surface area is 97.2 Å². The van der Waals surface area contributed by atoms with Gasteiger partial charge in [-0.3, -0.25) is 0 Å². The van der Waals surface area contributed by atoms with Crippen molar-refractivity contribution in [2.75, 3.05) is 26.7 Å². The largest absolute Gasteiger partial charge is 0.374 e. The third-order valence-electron chi connectivity index (χ3n) is 3.16. The second-order valence-corrected chi connectivity index (χ2v) is 4.61. The maximum Gasteiger partial charge on any atom is 0.0894 e. The summed E-state index contributed by atoms with van der Waals surface area (Å²) < 4.78 is 5.73. The van der Waals surface area contributed by atoms with Crippen LogP contribution in [0.1, 0.15) is 17.2 Å². The third-order valence-corrected chi connectivity index (χ3v) is 3.16. The molecule has 0 spiro atoms. The molecule has 0 aliphatic carbocycles. The van der Waals surface area contributed by atoms with Crippen molar-refractivity contribution in [1.82, 2.24) is 4.90 Å². The number of likely N-dealkylation sites (N-methyl/N-ethyl adjacent to an activating group) is 1. The molecule has 0 bridgehead atoms. The number of hydrogen-bond acceptors (Lipinski definition) is 3. The number of hydrogen-bond donors (Lipinski definition) is 1. The van der Waals surface area contributed by atoms with Gasteiger partial charge in [0.25, 0.3) is 0 Å². The molecule has 1 saturated heterocycles. The fourth-order valence-electron chi connectivity index (χ4n) is 2.03. The van der Waals surface area contributed by atoms with Crippen molar-refractivity contribution in [3.05, 3.63) is 35.4 Å². The molecule has 2 N–H and O–H groups in total. The van der Waals surface area contributed by atoms with Crippen LogP contribution in [0.25, 0.3) is 0 Å². The van der Waals surface area contributed by atoms with Gasteiger partial charge in [0.15, 0.2) is 0 Å². The third kappa shape index (κ3) is 2.61. The van der Waals surface area contributed by atoms with Gasteiger partial charge in [0, 0.05) is 13.1 Å². The van der Waals surface area contributed by atoms with Gasteiger partial charge >= 0.3 is 0 Å². The minimum atomic E-state index is -0.0247. The molecule has 1 aliphatic heterocycles. The SMILES string of the molecule is Cc1ccc(C(N)C2CN(C)CCO2)cc1. The van der Waals surface area contributed by atoms with Gasteiger partial charge in [-0.05, 0) is 19.5 Å². The van der Waals surface area contributed by atoms with Crippen LogP contribution in [0.5, 0.6) is 0 Å². The standard InChI is InChI=1S/C13H20N2O/c1-10-3-5-11(6-4-10)13(14)12-9-15(2)7-8-16-12/h3-6,12-13H,7-9,14H2,1-2H3. The number of morpholine rings is 1. The van der Waals surface area contributed by atoms with E-state index >= 15 is 0 Å². The highest BCUT2D eigenvalue weighted by Gasteiger charge is 2.24. The van der Waals surface area contributed by atoms with Crippen molar-refractivity contribution in [2.24, 2.45) is 5.73 Å². The Bertz CT molecular complexity index is 336. The predicted octanol–water partition coefficient (Wildman–Crippen LogP) is 1.33. The minimum Gasteiger partial charge on any atom is -0.374 e. The van der Waals surface area contributed by atoms with Gasteiger partial charge in [0.05, 0.1) is 18.8 Å². The maximum absolute atomic E-state index is 6.23. The van der Waals surface area contributed by atoms with Gasteiger partial charge in [0.1, 0.15) is 0 Å². The zero-order valence-electron chi connectivity index (χ0n) is 10.0. The van der Waals surface area contributed by atoms with Gasteiger partial charge in [-0.1, -0.05) is 29.8 Å². The molecule has 1 aromatic carbocycles. The van der Waals surface area contributed by atoms with Crippen molar-refractivity contribution in [1.29, 1.82) is 0 Å². The molecule has 0 aromatic heterocycles. The van der Waals surface area contributed by atoms with Crippen LogP contribution < -0.4 is 5.73 Å². The number of rotatable bonds is 2. The van der Waals surface area contributed by atoms with Crippen LogP contribution >= 0.6 is 0 Å². The molecule has 1 aromatic rings. The molecule has 0 radical (unpaired) electrons. The molecule has 1 fully saturated rings. The van der Waals surface area contributed by atoms with Gasteiger partial charge < -0.3 is 15.4 Å². The van der Waals surface area contributed by atoms with Gasteiger partial charge in [-0.25, -0.2) is 0 Å². The van der Waals surface area contributed by atoms with Crippen LogP contribution in [0.2, 0.25) is 0 Å². The van der Waals surface area contributed by atoms with Crippen LogP contribution in [0.4, 0.5) is 0 Å². The molecular weight excluding hydrogens is 200 g/mol. The molecule has 1 heterocycles. The Balaban J connectivity index is 2.06. The van der Waals surface area contributed by atoms with Crippen molar-refractivity contribution in [3.63, 3.8) is 0 Å². The maximum atomic E-state index is 6.23. The van der Waals surface area contributed by atoms with Crippen LogP contribution in [0, 0.1) is 6.92 Å². The molecule has 16 heavy (non-hydrogen) atoms. The van der Waals surface area contributed by atoms with Crippen LogP contribution in [-0.2, 0) is 4.74 Å². The fourth-order valence-corrected chi connectivity index (χ4v) is 2.03. The highest BCUT2D eigenvalue weighted by atomic mass is 16.5. The summed E-state index contributed by atoms with van der Waals surface area (Å²) in [6.07, 6.45) is 0.112. The molecule has 2 rings (SSSR count). The molecule has 0 amide bonds. The van der Waals surface area contributed by atoms with Crippen LogP contribution in [-0.4, -0.2) is 37.7 Å². The lowest BCUT2D eigenvalue weighted by Crippen LogP contribution is -2.45. The predicted molar refractivity (Wildman–Crippen MR) is 65.3 cm³/mol. The normalized spacial score (nSPS) is 24.3. The average Bonchev–Trinajstić information content (AvgIpc) is 2.29. The summed E-state index contributed by atoms with van der Waals surface area (Å²) in [5.41, 5.74) is 8.65. The summed E-state index contributed by atoms with van der Waals surface area (Å²) >= 11 is 0. The Kier molecular flexibility index (Phi) is 3.59. The van der Waals surface area contributed by atoms with Crippen LogP contribution in [0.15, 0.2) is 24.3 Å². The van der Waals surface area contributed by atoms with E-state index in [1.54, 1.807) is 0 Å². The topological polar surface area (TPSA) is 38.5 Å². The lowest BCUT2D eigenvalue weighted by molar-refractivity contribution is -0.0326. The first-order valence-corrected chi connectivity index (χ1v) is 5.79. The van der Waals surface area contributed by atoms with E-state index in [0.29, 0.717) is 0 Å². The van der Waals surface area contributed by atoms with Crippen molar-refractivity contribution >= 4 is 0 Å². The van der Waals surface area contributed by atoms with Crippen molar-refractivity contribution in [2.45, 2.75) is 19.1 Å². The molecule has 3 nitrogen and oxygen atoms in total. The Hall–Kier alpha value is -0.900. The number of aryl methyl sites for hydroxylation is 1. The molecule has 0 saturated carbocycles. The fraction of sp³-hybridized carbons (Fsp3) is 0.538. The monoisotopic (exact) mass is 220 g/mol. The van der Waals surface area contributed by atoms with Crippen molar-refractivity contribution < 1.29 is 4.74 Å². The minimum absolute atomic E-state index is 0.0247. The van der Waals surface area contributed by atoms with E-state index in [-0.39, 0.29) is 12.1 Å². The summed E-state index contributed by atoms with van der Waals surface area (Å²) in [6.45, 7) is 4.77. The quantitative estimate of drug-likeness (QED) is 0.817. The zero-order valence-corrected chi connectivity index (χ0v) is 10.0. The number of ether oxygens (including phenoxy) is 1. The molecule has 2 unspecified atom stereocenters.